The zero-order chi connectivity index (χ0) is 31.7. The Morgan fingerprint density at radius 3 is 2.45 bits per heavy atom. The molecule has 12 heteroatoms. The van der Waals surface area contributed by atoms with Crippen molar-refractivity contribution in [1.29, 1.82) is 0 Å². The number of rotatable bonds is 13. The van der Waals surface area contributed by atoms with E-state index in [2.05, 4.69) is 26.6 Å². The number of hydrogen-bond acceptors (Lipinski definition) is 7. The molecule has 0 spiro atoms. The van der Waals surface area contributed by atoms with Gasteiger partial charge in [-0.15, -0.1) is 11.3 Å². The second-order valence-electron chi connectivity index (χ2n) is 9.79. The largest absolute Gasteiger partial charge is 0.416 e. The summed E-state index contributed by atoms with van der Waals surface area (Å²) < 4.78 is 67.3. The number of alkyl halides is 3. The number of aromatic nitrogens is 2. The highest BCUT2D eigenvalue weighted by atomic mass is 32.2. The summed E-state index contributed by atoms with van der Waals surface area (Å²) in [6.45, 7) is 5.90. The van der Waals surface area contributed by atoms with Gasteiger partial charge < -0.3 is 10.4 Å². The quantitative estimate of drug-likeness (QED) is 0.108. The van der Waals surface area contributed by atoms with Crippen LogP contribution < -0.4 is 10.0 Å². The molecule has 7 nitrogen and oxygen atoms in total. The molecule has 0 bridgehead atoms. The van der Waals surface area contributed by atoms with Crippen LogP contribution in [0.15, 0.2) is 114 Å². The van der Waals surface area contributed by atoms with Crippen molar-refractivity contribution in [2.45, 2.75) is 30.5 Å². The van der Waals surface area contributed by atoms with Crippen LogP contribution in [0.2, 0.25) is 0 Å². The standard InChI is InChI=1S/C32H31F3N4O3S2/c1-3-26(32(33,34)35)11-6-22(2)29-21-43-31(38-29)24-9-14-28(15-10-24)44(41,42)39-27-12-7-23(8-13-27)16-18-37-20-30(40)25-5-4-17-36-19-25/h3-15,17,19,21,30,37,39-40H,1,16,18,20H2,2H3/b22-6+,26-11+/t30-/m0/s1. The van der Waals surface area contributed by atoms with E-state index in [9.17, 15) is 26.7 Å². The van der Waals surface area contributed by atoms with Gasteiger partial charge in [-0.3, -0.25) is 9.71 Å². The third kappa shape index (κ3) is 8.96. The molecular weight excluding hydrogens is 610 g/mol. The second kappa shape index (κ2) is 14.6. The lowest BCUT2D eigenvalue weighted by Crippen LogP contribution is -2.23. The van der Waals surface area contributed by atoms with Gasteiger partial charge in [0.05, 0.1) is 22.3 Å². The third-order valence-corrected chi connectivity index (χ3v) is 8.87. The smallest absolute Gasteiger partial charge is 0.387 e. The van der Waals surface area contributed by atoms with E-state index in [4.69, 9.17) is 0 Å². The Bertz CT molecular complexity index is 1720. The molecule has 0 saturated carbocycles. The highest BCUT2D eigenvalue weighted by Gasteiger charge is 2.30. The van der Waals surface area contributed by atoms with Gasteiger partial charge in [0, 0.05) is 41.1 Å². The number of thiazole rings is 1. The van der Waals surface area contributed by atoms with Gasteiger partial charge in [0.2, 0.25) is 0 Å². The highest BCUT2D eigenvalue weighted by Crippen LogP contribution is 2.30. The fourth-order valence-electron chi connectivity index (χ4n) is 4.06. The Labute approximate surface area is 258 Å². The summed E-state index contributed by atoms with van der Waals surface area (Å²) in [6, 6.07) is 16.9. The lowest BCUT2D eigenvalue weighted by molar-refractivity contribution is -0.0881. The van der Waals surface area contributed by atoms with E-state index in [1.165, 1.54) is 29.5 Å². The molecule has 2 aromatic carbocycles. The van der Waals surface area contributed by atoms with Crippen LogP contribution in [-0.4, -0.2) is 42.8 Å². The van der Waals surface area contributed by atoms with Crippen LogP contribution in [0, 0.1) is 0 Å². The number of halogens is 3. The molecule has 0 radical (unpaired) electrons. The van der Waals surface area contributed by atoms with Gasteiger partial charge in [-0.2, -0.15) is 13.2 Å². The first-order chi connectivity index (χ1) is 21.0. The summed E-state index contributed by atoms with van der Waals surface area (Å²) in [4.78, 5) is 8.57. The maximum Gasteiger partial charge on any atom is 0.416 e. The average molecular weight is 641 g/mol. The molecule has 0 aliphatic rings. The van der Waals surface area contributed by atoms with Crippen LogP contribution in [-0.2, 0) is 16.4 Å². The Hall–Kier alpha value is -4.10. The normalized spacial score (nSPS) is 13.5. The van der Waals surface area contributed by atoms with Crippen molar-refractivity contribution < 1.29 is 26.7 Å². The number of nitrogens with one attached hydrogen (secondary N) is 2. The molecule has 4 rings (SSSR count). The number of aliphatic hydroxyl groups excluding tert-OH is 1. The first-order valence-corrected chi connectivity index (χ1v) is 15.9. The summed E-state index contributed by atoms with van der Waals surface area (Å²) in [7, 11) is -3.85. The third-order valence-electron chi connectivity index (χ3n) is 6.58. The van der Waals surface area contributed by atoms with Gasteiger partial charge in [-0.05, 0) is 67.4 Å². The van der Waals surface area contributed by atoms with E-state index < -0.39 is 27.9 Å². The van der Waals surface area contributed by atoms with Crippen LogP contribution in [0.1, 0.15) is 29.8 Å². The average Bonchev–Trinajstić information content (AvgIpc) is 3.51. The maximum atomic E-state index is 13.0. The van der Waals surface area contributed by atoms with Crippen LogP contribution in [0.3, 0.4) is 0 Å². The number of pyridine rings is 1. The van der Waals surface area contributed by atoms with E-state index in [0.717, 1.165) is 23.3 Å². The van der Waals surface area contributed by atoms with E-state index >= 15 is 0 Å². The fraction of sp³-hybridized carbons (Fsp3) is 0.188. The topological polar surface area (TPSA) is 104 Å². The minimum Gasteiger partial charge on any atom is -0.387 e. The summed E-state index contributed by atoms with van der Waals surface area (Å²) >= 11 is 1.30. The number of allylic oxidation sites excluding steroid dienone is 5. The molecule has 0 saturated heterocycles. The SMILES string of the molecule is C=C/C(=C\C=C(/C)c1csc(-c2ccc(S(=O)(=O)Nc3ccc(CCNC[C@H](O)c4cccnc4)cc3)cc2)n1)C(F)(F)F. The number of aliphatic hydroxyl groups is 1. The molecule has 0 fully saturated rings. The van der Waals surface area contributed by atoms with Crippen molar-refractivity contribution >= 4 is 32.6 Å². The van der Waals surface area contributed by atoms with Crippen LogP contribution in [0.25, 0.3) is 16.1 Å². The molecule has 44 heavy (non-hydrogen) atoms. The number of sulfonamides is 1. The number of anilines is 1. The molecule has 2 heterocycles. The van der Waals surface area contributed by atoms with Crippen molar-refractivity contribution in [3.05, 3.63) is 126 Å². The molecular formula is C32H31F3N4O3S2. The predicted molar refractivity (Wildman–Crippen MR) is 169 cm³/mol. The van der Waals surface area contributed by atoms with Crippen molar-refractivity contribution in [1.82, 2.24) is 15.3 Å². The molecule has 1 atom stereocenters. The van der Waals surface area contributed by atoms with E-state index in [0.29, 0.717) is 47.0 Å². The zero-order valence-corrected chi connectivity index (χ0v) is 25.4. The van der Waals surface area contributed by atoms with Gasteiger partial charge in [0.15, 0.2) is 0 Å². The van der Waals surface area contributed by atoms with Crippen molar-refractivity contribution in [2.75, 3.05) is 17.8 Å². The minimum absolute atomic E-state index is 0.0730. The zero-order valence-electron chi connectivity index (χ0n) is 23.8. The van der Waals surface area contributed by atoms with Crippen molar-refractivity contribution in [3.63, 3.8) is 0 Å². The van der Waals surface area contributed by atoms with Gasteiger partial charge >= 0.3 is 6.18 Å². The van der Waals surface area contributed by atoms with Crippen molar-refractivity contribution in [3.8, 4) is 10.6 Å². The van der Waals surface area contributed by atoms with Gasteiger partial charge in [-0.25, -0.2) is 13.4 Å². The van der Waals surface area contributed by atoms with Crippen LogP contribution in [0.4, 0.5) is 18.9 Å². The molecule has 2 aromatic heterocycles. The molecule has 4 aromatic rings. The molecule has 0 unspecified atom stereocenters. The van der Waals surface area contributed by atoms with E-state index in [1.807, 2.05) is 18.2 Å². The van der Waals surface area contributed by atoms with Crippen molar-refractivity contribution in [2.24, 2.45) is 0 Å². The predicted octanol–water partition coefficient (Wildman–Crippen LogP) is 6.95. The lowest BCUT2D eigenvalue weighted by atomic mass is 10.1. The van der Waals surface area contributed by atoms with Crippen LogP contribution in [0.5, 0.6) is 0 Å². The summed E-state index contributed by atoms with van der Waals surface area (Å²) in [6.07, 6.45) is 1.89. The number of nitrogens with zero attached hydrogens (tertiary/aromatic N) is 2. The Balaban J connectivity index is 1.32. The number of hydrogen-bond donors (Lipinski definition) is 3. The Kier molecular flexibility index (Phi) is 10.9. The second-order valence-corrected chi connectivity index (χ2v) is 12.3. The molecule has 0 amide bonds. The van der Waals surface area contributed by atoms with E-state index in [-0.39, 0.29) is 4.90 Å². The summed E-state index contributed by atoms with van der Waals surface area (Å²) in [5.41, 5.74) is 3.06. The molecule has 0 aliphatic heterocycles. The fourth-order valence-corrected chi connectivity index (χ4v) is 6.00. The first-order valence-electron chi connectivity index (χ1n) is 13.5. The Morgan fingerprint density at radius 1 is 1.09 bits per heavy atom. The molecule has 3 N–H and O–H groups in total. The minimum atomic E-state index is -4.49. The summed E-state index contributed by atoms with van der Waals surface area (Å²) in [5, 5.41) is 15.7. The van der Waals surface area contributed by atoms with Gasteiger partial charge in [0.25, 0.3) is 10.0 Å². The lowest BCUT2D eigenvalue weighted by Gasteiger charge is -2.12. The summed E-state index contributed by atoms with van der Waals surface area (Å²) in [5.74, 6) is 0. The Morgan fingerprint density at radius 2 is 1.82 bits per heavy atom. The van der Waals surface area contributed by atoms with Gasteiger partial charge in [-0.1, -0.05) is 49.1 Å². The monoisotopic (exact) mass is 640 g/mol. The van der Waals surface area contributed by atoms with Gasteiger partial charge in [0.1, 0.15) is 5.01 Å². The van der Waals surface area contributed by atoms with E-state index in [1.54, 1.807) is 55.0 Å². The molecule has 230 valence electrons. The van der Waals surface area contributed by atoms with Crippen LogP contribution >= 0.6 is 11.3 Å². The highest BCUT2D eigenvalue weighted by molar-refractivity contribution is 7.92. The first kappa shape index (κ1) is 32.8. The maximum absolute atomic E-state index is 13.0. The molecule has 0 aliphatic carbocycles. The number of benzene rings is 2.